The summed E-state index contributed by atoms with van der Waals surface area (Å²) in [6.45, 7) is 8.63. The molecule has 0 aliphatic heterocycles. The van der Waals surface area contributed by atoms with Crippen molar-refractivity contribution >= 4 is 17.7 Å². The number of carbonyl (C=O) groups is 1. The number of anilines is 1. The number of hydrogen-bond acceptors (Lipinski definition) is 4. The number of ether oxygens (including phenoxy) is 1. The zero-order valence-corrected chi connectivity index (χ0v) is 17.3. The van der Waals surface area contributed by atoms with Crippen LogP contribution in [-0.4, -0.2) is 57.9 Å². The highest BCUT2D eigenvalue weighted by Crippen LogP contribution is 2.10. The summed E-state index contributed by atoms with van der Waals surface area (Å²) in [5, 5.41) is 9.30. The Balaban J connectivity index is 2.10. The third-order valence-electron chi connectivity index (χ3n) is 3.70. The average molecular weight is 378 g/mol. The van der Waals surface area contributed by atoms with Gasteiger partial charge in [0.2, 0.25) is 0 Å². The van der Waals surface area contributed by atoms with Gasteiger partial charge in [0.05, 0.1) is 0 Å². The highest BCUT2D eigenvalue weighted by atomic mass is 16.6. The Bertz CT molecular complexity index is 569. The van der Waals surface area contributed by atoms with Crippen LogP contribution in [0.4, 0.5) is 10.5 Å². The van der Waals surface area contributed by atoms with E-state index in [0.717, 1.165) is 38.4 Å². The maximum atomic E-state index is 11.5. The third kappa shape index (κ3) is 11.0. The van der Waals surface area contributed by atoms with Gasteiger partial charge in [0.1, 0.15) is 5.60 Å². The molecule has 0 saturated carbocycles. The Labute approximate surface area is 163 Å². The number of para-hydroxylation sites is 1. The van der Waals surface area contributed by atoms with Gasteiger partial charge in [-0.2, -0.15) is 0 Å². The maximum Gasteiger partial charge on any atom is 0.407 e. The quantitative estimate of drug-likeness (QED) is 0.350. The summed E-state index contributed by atoms with van der Waals surface area (Å²) in [7, 11) is 3.85. The van der Waals surface area contributed by atoms with Crippen molar-refractivity contribution in [3.63, 3.8) is 0 Å². The lowest BCUT2D eigenvalue weighted by molar-refractivity contribution is 0.0527. The van der Waals surface area contributed by atoms with Gasteiger partial charge in [-0.05, 0) is 45.7 Å². The van der Waals surface area contributed by atoms with E-state index in [1.165, 1.54) is 5.69 Å². The number of nitrogens with zero attached hydrogens (tertiary/aromatic N) is 2. The fraction of sp³-hybridized carbons (Fsp3) is 0.600. The summed E-state index contributed by atoms with van der Waals surface area (Å²) in [5.74, 6) is 0.773. The second-order valence-electron chi connectivity index (χ2n) is 7.32. The SMILES string of the molecule is CN=C(NCCCNC(=O)OC(C)(C)C)NCCCN(C)c1ccccc1. The number of alkyl carbamates (subject to hydrolysis) is 1. The summed E-state index contributed by atoms with van der Waals surface area (Å²) >= 11 is 0. The highest BCUT2D eigenvalue weighted by Gasteiger charge is 2.15. The molecule has 0 aliphatic rings. The van der Waals surface area contributed by atoms with E-state index >= 15 is 0 Å². The van der Waals surface area contributed by atoms with Crippen molar-refractivity contribution in [3.8, 4) is 0 Å². The number of hydrogen-bond donors (Lipinski definition) is 3. The molecule has 1 aromatic carbocycles. The van der Waals surface area contributed by atoms with E-state index in [-0.39, 0.29) is 6.09 Å². The minimum Gasteiger partial charge on any atom is -0.444 e. The molecule has 0 fully saturated rings. The minimum absolute atomic E-state index is 0.382. The molecule has 0 heterocycles. The second-order valence-corrected chi connectivity index (χ2v) is 7.32. The highest BCUT2D eigenvalue weighted by molar-refractivity contribution is 5.79. The molecule has 0 radical (unpaired) electrons. The second kappa shape index (κ2) is 12.0. The molecule has 27 heavy (non-hydrogen) atoms. The molecule has 0 aromatic heterocycles. The van der Waals surface area contributed by atoms with E-state index in [4.69, 9.17) is 4.74 Å². The summed E-state index contributed by atoms with van der Waals surface area (Å²) in [6, 6.07) is 10.3. The van der Waals surface area contributed by atoms with Crippen LogP contribution in [0.5, 0.6) is 0 Å². The molecule has 7 heteroatoms. The van der Waals surface area contributed by atoms with Gasteiger partial charge in [-0.3, -0.25) is 4.99 Å². The van der Waals surface area contributed by atoms with E-state index < -0.39 is 5.60 Å². The molecule has 1 rings (SSSR count). The van der Waals surface area contributed by atoms with Crippen LogP contribution >= 0.6 is 0 Å². The lowest BCUT2D eigenvalue weighted by atomic mass is 10.2. The molecule has 7 nitrogen and oxygen atoms in total. The number of rotatable bonds is 9. The first kappa shape index (κ1) is 22.6. The van der Waals surface area contributed by atoms with Gasteiger partial charge in [0, 0.05) is 46.0 Å². The van der Waals surface area contributed by atoms with E-state index in [1.807, 2.05) is 39.0 Å². The third-order valence-corrected chi connectivity index (χ3v) is 3.70. The van der Waals surface area contributed by atoms with E-state index in [1.54, 1.807) is 7.05 Å². The predicted molar refractivity (Wildman–Crippen MR) is 113 cm³/mol. The van der Waals surface area contributed by atoms with Crippen molar-refractivity contribution in [1.29, 1.82) is 0 Å². The molecule has 1 amide bonds. The lowest BCUT2D eigenvalue weighted by Gasteiger charge is -2.20. The largest absolute Gasteiger partial charge is 0.444 e. The van der Waals surface area contributed by atoms with Gasteiger partial charge in [0.15, 0.2) is 5.96 Å². The zero-order chi connectivity index (χ0) is 20.1. The number of carbonyl (C=O) groups excluding carboxylic acids is 1. The van der Waals surface area contributed by atoms with Gasteiger partial charge in [-0.15, -0.1) is 0 Å². The molecule has 1 aromatic rings. The molecule has 0 bridgehead atoms. The van der Waals surface area contributed by atoms with Gasteiger partial charge in [0.25, 0.3) is 0 Å². The maximum absolute atomic E-state index is 11.5. The van der Waals surface area contributed by atoms with Crippen LogP contribution in [0.2, 0.25) is 0 Å². The van der Waals surface area contributed by atoms with Crippen LogP contribution in [-0.2, 0) is 4.74 Å². The van der Waals surface area contributed by atoms with E-state index in [0.29, 0.717) is 6.54 Å². The van der Waals surface area contributed by atoms with Crippen LogP contribution in [0.25, 0.3) is 0 Å². The van der Waals surface area contributed by atoms with Crippen LogP contribution in [0.1, 0.15) is 33.6 Å². The Kier molecular flexibility index (Phi) is 10.1. The molecule has 152 valence electrons. The number of nitrogens with one attached hydrogen (secondary N) is 3. The van der Waals surface area contributed by atoms with Crippen LogP contribution < -0.4 is 20.9 Å². The smallest absolute Gasteiger partial charge is 0.407 e. The Morgan fingerprint density at radius 3 is 2.22 bits per heavy atom. The molecular formula is C20H35N5O2. The lowest BCUT2D eigenvalue weighted by Crippen LogP contribution is -2.40. The van der Waals surface area contributed by atoms with Crippen molar-refractivity contribution < 1.29 is 9.53 Å². The average Bonchev–Trinajstić information content (AvgIpc) is 2.62. The Hall–Kier alpha value is -2.44. The van der Waals surface area contributed by atoms with Gasteiger partial charge in [-0.1, -0.05) is 18.2 Å². The first-order chi connectivity index (χ1) is 12.8. The summed E-state index contributed by atoms with van der Waals surface area (Å²) in [6.07, 6.45) is 1.41. The van der Waals surface area contributed by atoms with Crippen molar-refractivity contribution in [2.75, 3.05) is 45.2 Å². The monoisotopic (exact) mass is 377 g/mol. The van der Waals surface area contributed by atoms with Crippen molar-refractivity contribution in [2.24, 2.45) is 4.99 Å². The van der Waals surface area contributed by atoms with Crippen LogP contribution in [0.3, 0.4) is 0 Å². The van der Waals surface area contributed by atoms with E-state index in [9.17, 15) is 4.79 Å². The number of benzene rings is 1. The Morgan fingerprint density at radius 2 is 1.63 bits per heavy atom. The first-order valence-electron chi connectivity index (χ1n) is 9.49. The van der Waals surface area contributed by atoms with Crippen molar-refractivity contribution in [2.45, 2.75) is 39.2 Å². The molecule has 3 N–H and O–H groups in total. The van der Waals surface area contributed by atoms with Crippen LogP contribution in [0.15, 0.2) is 35.3 Å². The van der Waals surface area contributed by atoms with Crippen molar-refractivity contribution in [3.05, 3.63) is 30.3 Å². The molecule has 0 atom stereocenters. The molecule has 0 saturated heterocycles. The summed E-state index contributed by atoms with van der Waals surface area (Å²) < 4.78 is 5.19. The number of amides is 1. The van der Waals surface area contributed by atoms with E-state index in [2.05, 4.69) is 45.0 Å². The number of guanidine groups is 1. The zero-order valence-electron chi connectivity index (χ0n) is 17.3. The summed E-state index contributed by atoms with van der Waals surface area (Å²) in [4.78, 5) is 18.0. The normalized spacial score (nSPS) is 11.7. The fourth-order valence-corrected chi connectivity index (χ4v) is 2.36. The predicted octanol–water partition coefficient (Wildman–Crippen LogP) is 2.59. The number of aliphatic imine (C=N–C) groups is 1. The molecule has 0 spiro atoms. The van der Waals surface area contributed by atoms with Crippen molar-refractivity contribution in [1.82, 2.24) is 16.0 Å². The molecule has 0 aliphatic carbocycles. The molecule has 0 unspecified atom stereocenters. The molecular weight excluding hydrogens is 342 g/mol. The standard InChI is InChI=1S/C20H35N5O2/c1-20(2,3)27-19(26)24-14-9-13-22-18(21-4)23-15-10-16-25(5)17-11-7-6-8-12-17/h6-8,11-12H,9-10,13-16H2,1-5H3,(H,24,26)(H2,21,22,23). The van der Waals surface area contributed by atoms with Gasteiger partial charge < -0.3 is 25.6 Å². The van der Waals surface area contributed by atoms with Crippen LogP contribution in [0, 0.1) is 0 Å². The Morgan fingerprint density at radius 1 is 1.04 bits per heavy atom. The minimum atomic E-state index is -0.469. The van der Waals surface area contributed by atoms with Gasteiger partial charge >= 0.3 is 6.09 Å². The first-order valence-corrected chi connectivity index (χ1v) is 9.49. The topological polar surface area (TPSA) is 78.0 Å². The fourth-order valence-electron chi connectivity index (χ4n) is 2.36. The van der Waals surface area contributed by atoms with Gasteiger partial charge in [-0.25, -0.2) is 4.79 Å². The summed E-state index contributed by atoms with van der Waals surface area (Å²) in [5.41, 5.74) is 0.751.